The second-order valence-corrected chi connectivity index (χ2v) is 6.99. The second-order valence-electron chi connectivity index (χ2n) is 4.67. The van der Waals surface area contributed by atoms with Gasteiger partial charge in [0.05, 0.1) is 15.6 Å². The van der Waals surface area contributed by atoms with Crippen LogP contribution in [0.5, 0.6) is 0 Å². The molecule has 0 aliphatic carbocycles. The summed E-state index contributed by atoms with van der Waals surface area (Å²) in [6.07, 6.45) is 1.85. The summed E-state index contributed by atoms with van der Waals surface area (Å²) in [6, 6.07) is 2.47. The Morgan fingerprint density at radius 1 is 1.29 bits per heavy atom. The molecule has 0 aromatic heterocycles. The van der Waals surface area contributed by atoms with Crippen molar-refractivity contribution >= 4 is 39.1 Å². The number of halogens is 2. The highest BCUT2D eigenvalue weighted by atomic mass is 35.5. The van der Waals surface area contributed by atoms with E-state index in [0.717, 1.165) is 12.8 Å². The van der Waals surface area contributed by atoms with Crippen molar-refractivity contribution in [2.24, 2.45) is 11.1 Å². The van der Waals surface area contributed by atoms with E-state index in [0.29, 0.717) is 12.5 Å². The topological polar surface area (TPSA) is 89.3 Å². The summed E-state index contributed by atoms with van der Waals surface area (Å²) in [5.41, 5.74) is -0.0733. The summed E-state index contributed by atoms with van der Waals surface area (Å²) in [7, 11) is -4.02. The van der Waals surface area contributed by atoms with E-state index in [1.54, 1.807) is 0 Å². The summed E-state index contributed by atoms with van der Waals surface area (Å²) in [4.78, 5) is 11.9. The molecule has 118 valence electrons. The average Bonchev–Trinajstić information content (AvgIpc) is 2.38. The van der Waals surface area contributed by atoms with Crippen LogP contribution in [0.4, 0.5) is 0 Å². The van der Waals surface area contributed by atoms with Crippen molar-refractivity contribution in [2.45, 2.75) is 31.6 Å². The van der Waals surface area contributed by atoms with E-state index in [2.05, 4.69) is 5.32 Å². The molecule has 0 aliphatic rings. The van der Waals surface area contributed by atoms with Crippen molar-refractivity contribution in [3.05, 3.63) is 27.7 Å². The number of benzene rings is 1. The van der Waals surface area contributed by atoms with Gasteiger partial charge >= 0.3 is 0 Å². The fourth-order valence-corrected chi connectivity index (χ4v) is 3.34. The molecule has 0 bridgehead atoms. The smallest absolute Gasteiger partial charge is 0.254 e. The Morgan fingerprint density at radius 2 is 1.86 bits per heavy atom. The number of nitrogens with one attached hydrogen (secondary N) is 1. The monoisotopic (exact) mass is 352 g/mol. The van der Waals surface area contributed by atoms with Crippen molar-refractivity contribution in [1.82, 2.24) is 5.32 Å². The van der Waals surface area contributed by atoms with E-state index in [4.69, 9.17) is 28.3 Å². The van der Waals surface area contributed by atoms with Gasteiger partial charge in [-0.2, -0.15) is 0 Å². The zero-order chi connectivity index (χ0) is 16.2. The van der Waals surface area contributed by atoms with Gasteiger partial charge in [-0.3, -0.25) is 4.79 Å². The highest BCUT2D eigenvalue weighted by Crippen LogP contribution is 2.30. The SMILES string of the molecule is CCC(CC)CNC(=O)c1c(Cl)ccc(S(N)(=O)=O)c1Cl. The first kappa shape index (κ1) is 18.2. The molecule has 1 rings (SSSR count). The highest BCUT2D eigenvalue weighted by molar-refractivity contribution is 7.89. The Labute approximate surface area is 134 Å². The maximum atomic E-state index is 12.2. The second kappa shape index (κ2) is 7.45. The Morgan fingerprint density at radius 3 is 2.33 bits per heavy atom. The maximum Gasteiger partial charge on any atom is 0.254 e. The molecule has 0 aliphatic heterocycles. The quantitative estimate of drug-likeness (QED) is 0.824. The molecule has 0 atom stereocenters. The Kier molecular flexibility index (Phi) is 6.46. The van der Waals surface area contributed by atoms with Gasteiger partial charge in [0, 0.05) is 6.54 Å². The summed E-state index contributed by atoms with van der Waals surface area (Å²) >= 11 is 11.9. The Hall–Kier alpha value is -0.820. The molecule has 0 saturated carbocycles. The van der Waals surface area contributed by atoms with Crippen LogP contribution >= 0.6 is 23.2 Å². The van der Waals surface area contributed by atoms with E-state index in [-0.39, 0.29) is 20.5 Å². The van der Waals surface area contributed by atoms with Crippen molar-refractivity contribution in [2.75, 3.05) is 6.54 Å². The number of carbonyl (C=O) groups is 1. The third-order valence-corrected chi connectivity index (χ3v) is 5.07. The van der Waals surface area contributed by atoms with Crippen LogP contribution in [0.15, 0.2) is 17.0 Å². The minimum Gasteiger partial charge on any atom is -0.352 e. The first-order valence-corrected chi connectivity index (χ1v) is 8.81. The number of rotatable bonds is 6. The van der Waals surface area contributed by atoms with Gasteiger partial charge < -0.3 is 5.32 Å². The van der Waals surface area contributed by atoms with Crippen LogP contribution in [-0.4, -0.2) is 20.9 Å². The van der Waals surface area contributed by atoms with Crippen LogP contribution in [0.25, 0.3) is 0 Å². The van der Waals surface area contributed by atoms with Crippen LogP contribution in [0, 0.1) is 5.92 Å². The molecular formula is C13H18Cl2N2O3S. The molecule has 0 heterocycles. The first-order chi connectivity index (χ1) is 9.72. The zero-order valence-electron chi connectivity index (χ0n) is 11.8. The van der Waals surface area contributed by atoms with E-state index < -0.39 is 15.9 Å². The molecule has 1 aromatic rings. The fourth-order valence-electron chi connectivity index (χ4n) is 1.86. The van der Waals surface area contributed by atoms with Gasteiger partial charge in [-0.1, -0.05) is 49.9 Å². The van der Waals surface area contributed by atoms with Gasteiger partial charge in [-0.15, -0.1) is 0 Å². The lowest BCUT2D eigenvalue weighted by Crippen LogP contribution is -2.29. The van der Waals surface area contributed by atoms with Crippen LogP contribution in [0.1, 0.15) is 37.0 Å². The summed E-state index contributed by atoms with van der Waals surface area (Å²) in [5.74, 6) is -0.171. The molecule has 5 nitrogen and oxygen atoms in total. The fraction of sp³-hybridized carbons (Fsp3) is 0.462. The minimum absolute atomic E-state index is 0.0733. The van der Waals surface area contributed by atoms with Gasteiger partial charge in [0.2, 0.25) is 10.0 Å². The molecule has 0 unspecified atom stereocenters. The number of amides is 1. The Balaban J connectivity index is 3.10. The normalized spacial score (nSPS) is 11.7. The number of hydrogen-bond acceptors (Lipinski definition) is 3. The molecule has 0 saturated heterocycles. The van der Waals surface area contributed by atoms with Crippen molar-refractivity contribution in [1.29, 1.82) is 0 Å². The standard InChI is InChI=1S/C13H18Cl2N2O3S/c1-3-8(4-2)7-17-13(18)11-9(14)5-6-10(12(11)15)21(16,19)20/h5-6,8H,3-4,7H2,1-2H3,(H,17,18)(H2,16,19,20). The third-order valence-electron chi connectivity index (χ3n) is 3.30. The molecule has 3 N–H and O–H groups in total. The van der Waals surface area contributed by atoms with E-state index in [9.17, 15) is 13.2 Å². The molecule has 21 heavy (non-hydrogen) atoms. The molecule has 1 amide bonds. The van der Waals surface area contributed by atoms with Crippen molar-refractivity contribution in [3.63, 3.8) is 0 Å². The number of nitrogens with two attached hydrogens (primary N) is 1. The molecule has 0 radical (unpaired) electrons. The predicted molar refractivity (Wildman–Crippen MR) is 84.2 cm³/mol. The average molecular weight is 353 g/mol. The number of hydrogen-bond donors (Lipinski definition) is 2. The molecule has 1 aromatic carbocycles. The molecule has 0 spiro atoms. The summed E-state index contributed by atoms with van der Waals surface area (Å²) < 4.78 is 22.8. The molecule has 8 heteroatoms. The first-order valence-electron chi connectivity index (χ1n) is 6.51. The van der Waals surface area contributed by atoms with Crippen LogP contribution in [-0.2, 0) is 10.0 Å². The Bertz CT molecular complexity index is 629. The lowest BCUT2D eigenvalue weighted by Gasteiger charge is -2.15. The van der Waals surface area contributed by atoms with Crippen molar-refractivity contribution in [3.8, 4) is 0 Å². The van der Waals surface area contributed by atoms with Gasteiger partial charge in [-0.05, 0) is 18.1 Å². The van der Waals surface area contributed by atoms with Gasteiger partial charge in [0.25, 0.3) is 5.91 Å². The van der Waals surface area contributed by atoms with E-state index >= 15 is 0 Å². The number of primary sulfonamides is 1. The van der Waals surface area contributed by atoms with Crippen LogP contribution in [0.2, 0.25) is 10.0 Å². The highest BCUT2D eigenvalue weighted by Gasteiger charge is 2.22. The van der Waals surface area contributed by atoms with Gasteiger partial charge in [-0.25, -0.2) is 13.6 Å². The van der Waals surface area contributed by atoms with Gasteiger partial charge in [0.15, 0.2) is 0 Å². The van der Waals surface area contributed by atoms with Crippen LogP contribution in [0.3, 0.4) is 0 Å². The number of carbonyl (C=O) groups excluding carboxylic acids is 1. The lowest BCUT2D eigenvalue weighted by molar-refractivity contribution is 0.0946. The molecular weight excluding hydrogens is 335 g/mol. The zero-order valence-corrected chi connectivity index (χ0v) is 14.1. The predicted octanol–water partition coefficient (Wildman–Crippen LogP) is 2.81. The largest absolute Gasteiger partial charge is 0.352 e. The van der Waals surface area contributed by atoms with Crippen LogP contribution < -0.4 is 10.5 Å². The van der Waals surface area contributed by atoms with E-state index in [1.807, 2.05) is 13.8 Å². The third kappa shape index (κ3) is 4.57. The number of sulfonamides is 1. The minimum atomic E-state index is -4.02. The lowest BCUT2D eigenvalue weighted by atomic mass is 10.0. The maximum absolute atomic E-state index is 12.2. The molecule has 0 fully saturated rings. The summed E-state index contributed by atoms with van der Waals surface area (Å²) in [5, 5.41) is 7.59. The van der Waals surface area contributed by atoms with Gasteiger partial charge in [0.1, 0.15) is 4.90 Å². The van der Waals surface area contributed by atoms with Crippen molar-refractivity contribution < 1.29 is 13.2 Å². The summed E-state index contributed by atoms with van der Waals surface area (Å²) in [6.45, 7) is 4.53. The van der Waals surface area contributed by atoms with E-state index in [1.165, 1.54) is 12.1 Å².